The molecule has 0 saturated heterocycles. The van der Waals surface area contributed by atoms with Crippen molar-refractivity contribution in [3.8, 4) is 0 Å². The van der Waals surface area contributed by atoms with Crippen molar-refractivity contribution in [3.63, 3.8) is 0 Å². The van der Waals surface area contributed by atoms with Gasteiger partial charge in [0.05, 0.1) is 0 Å². The lowest BCUT2D eigenvalue weighted by Gasteiger charge is -2.11. The Morgan fingerprint density at radius 3 is 2.93 bits per heavy atom. The normalized spacial score (nSPS) is 17.7. The summed E-state index contributed by atoms with van der Waals surface area (Å²) in [6, 6.07) is 3.36. The van der Waals surface area contributed by atoms with E-state index in [2.05, 4.69) is 4.98 Å². The van der Waals surface area contributed by atoms with Gasteiger partial charge in [0, 0.05) is 23.8 Å². The van der Waals surface area contributed by atoms with E-state index in [1.54, 1.807) is 24.4 Å². The van der Waals surface area contributed by atoms with Crippen molar-refractivity contribution < 1.29 is 9.90 Å². The Labute approximate surface area is 92.4 Å². The molecule has 1 aliphatic rings. The van der Waals surface area contributed by atoms with E-state index in [0.29, 0.717) is 24.0 Å². The number of hydrogen-bond donors (Lipinski definition) is 1. The number of aliphatic hydroxyl groups excluding tert-OH is 1. The Morgan fingerprint density at radius 1 is 1.53 bits per heavy atom. The highest BCUT2D eigenvalue weighted by Crippen LogP contribution is 2.30. The van der Waals surface area contributed by atoms with Crippen LogP contribution in [-0.4, -0.2) is 15.9 Å². The molecule has 78 valence electrons. The Bertz CT molecular complexity index is 428. The van der Waals surface area contributed by atoms with Crippen LogP contribution in [0.3, 0.4) is 0 Å². The fourth-order valence-corrected chi connectivity index (χ4v) is 1.87. The van der Waals surface area contributed by atoms with Crippen molar-refractivity contribution in [2.24, 2.45) is 0 Å². The molecular formula is C11H10ClNO2. The van der Waals surface area contributed by atoms with Crippen molar-refractivity contribution in [1.82, 2.24) is 4.98 Å². The maximum absolute atomic E-state index is 11.4. The highest BCUT2D eigenvalue weighted by atomic mass is 35.5. The van der Waals surface area contributed by atoms with E-state index in [-0.39, 0.29) is 10.9 Å². The van der Waals surface area contributed by atoms with Crippen LogP contribution in [0.25, 0.3) is 0 Å². The fraction of sp³-hybridized carbons (Fsp3) is 0.273. The van der Waals surface area contributed by atoms with Crippen LogP contribution in [0, 0.1) is 0 Å². The molecule has 1 atom stereocenters. The molecule has 1 heterocycles. The van der Waals surface area contributed by atoms with Crippen LogP contribution in [0.5, 0.6) is 0 Å². The van der Waals surface area contributed by atoms with E-state index in [1.165, 1.54) is 0 Å². The van der Waals surface area contributed by atoms with E-state index in [1.807, 2.05) is 0 Å². The molecule has 0 aromatic carbocycles. The molecule has 1 aromatic heterocycles. The lowest BCUT2D eigenvalue weighted by molar-refractivity contribution is -0.115. The lowest BCUT2D eigenvalue weighted by atomic mass is 10.0. The summed E-state index contributed by atoms with van der Waals surface area (Å²) < 4.78 is 0. The second kappa shape index (κ2) is 4.13. The molecule has 0 bridgehead atoms. The molecule has 2 rings (SSSR count). The van der Waals surface area contributed by atoms with Gasteiger partial charge < -0.3 is 5.11 Å². The number of Topliss-reactive ketones (excluding diaryl/α,β-unsaturated/α-hetero) is 1. The molecule has 0 spiro atoms. The van der Waals surface area contributed by atoms with E-state index < -0.39 is 6.10 Å². The van der Waals surface area contributed by atoms with Gasteiger partial charge in [0.15, 0.2) is 5.78 Å². The van der Waals surface area contributed by atoms with Crippen molar-refractivity contribution in [2.45, 2.75) is 18.9 Å². The third kappa shape index (κ3) is 1.94. The number of allylic oxidation sites excluding steroid dienone is 1. The Hall–Kier alpha value is -1.19. The summed E-state index contributed by atoms with van der Waals surface area (Å²) in [5, 5.41) is 10.2. The monoisotopic (exact) mass is 223 g/mol. The minimum absolute atomic E-state index is 0.0116. The second-order valence-electron chi connectivity index (χ2n) is 3.41. The third-order valence-electron chi connectivity index (χ3n) is 2.43. The molecule has 0 saturated carbocycles. The number of rotatable bonds is 2. The van der Waals surface area contributed by atoms with Crippen LogP contribution in [0.15, 0.2) is 30.0 Å². The second-order valence-corrected chi connectivity index (χ2v) is 3.77. The van der Waals surface area contributed by atoms with Crippen molar-refractivity contribution >= 4 is 17.4 Å². The number of carbonyl (C=O) groups is 1. The van der Waals surface area contributed by atoms with E-state index in [4.69, 9.17) is 11.6 Å². The van der Waals surface area contributed by atoms with Gasteiger partial charge in [-0.15, -0.1) is 0 Å². The van der Waals surface area contributed by atoms with Gasteiger partial charge in [-0.3, -0.25) is 4.79 Å². The van der Waals surface area contributed by atoms with Crippen LogP contribution >= 0.6 is 11.6 Å². The molecule has 0 amide bonds. The predicted octanol–water partition coefficient (Wildman–Crippen LogP) is 2.06. The van der Waals surface area contributed by atoms with Gasteiger partial charge in [-0.1, -0.05) is 23.7 Å². The number of carbonyl (C=O) groups excluding carboxylic acids is 1. The van der Waals surface area contributed by atoms with Gasteiger partial charge >= 0.3 is 0 Å². The van der Waals surface area contributed by atoms with Gasteiger partial charge in [-0.05, 0) is 12.5 Å². The number of ketones is 1. The number of halogens is 1. The van der Waals surface area contributed by atoms with Crippen LogP contribution in [0.4, 0.5) is 0 Å². The number of hydrogen-bond acceptors (Lipinski definition) is 3. The molecule has 3 nitrogen and oxygen atoms in total. The predicted molar refractivity (Wildman–Crippen MR) is 56.5 cm³/mol. The quantitative estimate of drug-likeness (QED) is 0.781. The van der Waals surface area contributed by atoms with Gasteiger partial charge in [0.1, 0.15) is 11.3 Å². The van der Waals surface area contributed by atoms with E-state index >= 15 is 0 Å². The molecule has 1 N–H and O–H groups in total. The molecule has 15 heavy (non-hydrogen) atoms. The third-order valence-corrected chi connectivity index (χ3v) is 2.75. The van der Waals surface area contributed by atoms with Gasteiger partial charge in [0.25, 0.3) is 0 Å². The average molecular weight is 224 g/mol. The van der Waals surface area contributed by atoms with Crippen LogP contribution in [0.1, 0.15) is 24.5 Å². The van der Waals surface area contributed by atoms with Gasteiger partial charge in [-0.25, -0.2) is 4.98 Å². The summed E-state index contributed by atoms with van der Waals surface area (Å²) in [6.45, 7) is 0. The number of nitrogens with zero attached hydrogens (tertiary/aromatic N) is 1. The van der Waals surface area contributed by atoms with Crippen LogP contribution < -0.4 is 0 Å². The highest BCUT2D eigenvalue weighted by molar-refractivity contribution is 6.30. The van der Waals surface area contributed by atoms with Crippen LogP contribution in [-0.2, 0) is 4.79 Å². The van der Waals surface area contributed by atoms with Gasteiger partial charge in [-0.2, -0.15) is 0 Å². The molecule has 0 fully saturated rings. The first kappa shape index (κ1) is 10.3. The molecule has 0 radical (unpaired) electrons. The van der Waals surface area contributed by atoms with E-state index in [0.717, 1.165) is 0 Å². The highest BCUT2D eigenvalue weighted by Gasteiger charge is 2.25. The summed E-state index contributed by atoms with van der Waals surface area (Å²) in [4.78, 5) is 15.3. The average Bonchev–Trinajstić information content (AvgIpc) is 2.64. The minimum Gasteiger partial charge on any atom is -0.383 e. The maximum atomic E-state index is 11.4. The number of aliphatic hydroxyl groups is 1. The summed E-state index contributed by atoms with van der Waals surface area (Å²) in [5.74, 6) is -0.0116. The zero-order valence-electron chi connectivity index (χ0n) is 7.98. The van der Waals surface area contributed by atoms with E-state index in [9.17, 15) is 9.90 Å². The Kier molecular flexibility index (Phi) is 2.84. The summed E-state index contributed by atoms with van der Waals surface area (Å²) in [7, 11) is 0. The minimum atomic E-state index is -0.943. The van der Waals surface area contributed by atoms with Crippen LogP contribution in [0.2, 0.25) is 5.15 Å². The van der Waals surface area contributed by atoms with Crippen molar-refractivity contribution in [2.75, 3.05) is 0 Å². The first-order valence-electron chi connectivity index (χ1n) is 4.72. The SMILES string of the molecule is O=C1CCC=C1C(O)c1cccnc1Cl. The topological polar surface area (TPSA) is 50.2 Å². The largest absolute Gasteiger partial charge is 0.383 e. The Morgan fingerprint density at radius 2 is 2.33 bits per heavy atom. The summed E-state index contributed by atoms with van der Waals surface area (Å²) in [6.07, 6.45) is 3.54. The maximum Gasteiger partial charge on any atom is 0.161 e. The lowest BCUT2D eigenvalue weighted by Crippen LogP contribution is -2.08. The zero-order valence-corrected chi connectivity index (χ0v) is 8.74. The first-order chi connectivity index (χ1) is 7.20. The number of aromatic nitrogens is 1. The first-order valence-corrected chi connectivity index (χ1v) is 5.09. The van der Waals surface area contributed by atoms with Crippen molar-refractivity contribution in [3.05, 3.63) is 40.7 Å². The molecular weight excluding hydrogens is 214 g/mol. The van der Waals surface area contributed by atoms with Gasteiger partial charge in [0.2, 0.25) is 0 Å². The zero-order chi connectivity index (χ0) is 10.8. The standard InChI is InChI=1S/C11H10ClNO2/c12-11-8(4-2-6-13-11)10(15)7-3-1-5-9(7)14/h2-4,6,10,15H,1,5H2. The van der Waals surface area contributed by atoms with Crippen molar-refractivity contribution in [1.29, 1.82) is 0 Å². The summed E-state index contributed by atoms with van der Waals surface area (Å²) in [5.41, 5.74) is 0.922. The molecule has 1 unspecified atom stereocenters. The Balaban J connectivity index is 2.32. The molecule has 4 heteroatoms. The molecule has 1 aliphatic carbocycles. The smallest absolute Gasteiger partial charge is 0.161 e. The number of pyridine rings is 1. The summed E-state index contributed by atoms with van der Waals surface area (Å²) >= 11 is 5.84. The fourth-order valence-electron chi connectivity index (χ4n) is 1.65. The molecule has 1 aromatic rings. The molecule has 0 aliphatic heterocycles.